The Labute approximate surface area is 120 Å². The third kappa shape index (κ3) is 3.31. The first kappa shape index (κ1) is 14.9. The highest BCUT2D eigenvalue weighted by Gasteiger charge is 2.26. The van der Waals surface area contributed by atoms with Crippen LogP contribution in [0.5, 0.6) is 5.75 Å². The van der Waals surface area contributed by atoms with E-state index in [0.717, 1.165) is 25.3 Å². The van der Waals surface area contributed by atoms with E-state index in [0.29, 0.717) is 13.2 Å². The van der Waals surface area contributed by atoms with E-state index in [1.54, 1.807) is 0 Å². The van der Waals surface area contributed by atoms with Gasteiger partial charge in [-0.05, 0) is 50.5 Å². The Hall–Kier alpha value is -1.55. The molecular weight excluding hydrogens is 254 g/mol. The van der Waals surface area contributed by atoms with E-state index >= 15 is 0 Å². The van der Waals surface area contributed by atoms with Crippen LogP contribution in [-0.2, 0) is 22.5 Å². The molecule has 1 aliphatic heterocycles. The molecule has 0 aromatic heterocycles. The van der Waals surface area contributed by atoms with Gasteiger partial charge in [-0.25, -0.2) is 0 Å². The first-order chi connectivity index (χ1) is 9.65. The van der Waals surface area contributed by atoms with E-state index in [1.807, 2.05) is 26.8 Å². The SMILES string of the molecule is CCOC(=O)C(C)N1CCc2ccc(OCC)cc2C1. The van der Waals surface area contributed by atoms with E-state index in [1.165, 1.54) is 11.1 Å². The van der Waals surface area contributed by atoms with E-state index in [4.69, 9.17) is 9.47 Å². The number of esters is 1. The highest BCUT2D eigenvalue weighted by molar-refractivity contribution is 5.75. The van der Waals surface area contributed by atoms with Crippen LogP contribution in [0.15, 0.2) is 18.2 Å². The van der Waals surface area contributed by atoms with Gasteiger partial charge in [0, 0.05) is 13.1 Å². The summed E-state index contributed by atoms with van der Waals surface area (Å²) in [6.07, 6.45) is 0.964. The number of fused-ring (bicyclic) bond motifs is 1. The third-order valence-corrected chi connectivity index (χ3v) is 3.71. The van der Waals surface area contributed by atoms with Crippen LogP contribution in [0, 0.1) is 0 Å². The number of carbonyl (C=O) groups is 1. The van der Waals surface area contributed by atoms with Gasteiger partial charge in [-0.3, -0.25) is 9.69 Å². The number of ether oxygens (including phenoxy) is 2. The number of carbonyl (C=O) groups excluding carboxylic acids is 1. The van der Waals surface area contributed by atoms with Crippen molar-refractivity contribution in [3.8, 4) is 5.75 Å². The molecule has 0 N–H and O–H groups in total. The lowest BCUT2D eigenvalue weighted by Crippen LogP contribution is -2.42. The molecule has 0 radical (unpaired) electrons. The van der Waals surface area contributed by atoms with Gasteiger partial charge in [-0.2, -0.15) is 0 Å². The van der Waals surface area contributed by atoms with Gasteiger partial charge in [0.2, 0.25) is 0 Å². The molecule has 0 bridgehead atoms. The molecule has 20 heavy (non-hydrogen) atoms. The molecule has 1 heterocycles. The van der Waals surface area contributed by atoms with Crippen molar-refractivity contribution in [2.75, 3.05) is 19.8 Å². The van der Waals surface area contributed by atoms with Crippen molar-refractivity contribution in [2.24, 2.45) is 0 Å². The second-order valence-corrected chi connectivity index (χ2v) is 5.01. The molecule has 1 atom stereocenters. The topological polar surface area (TPSA) is 38.8 Å². The third-order valence-electron chi connectivity index (χ3n) is 3.71. The Morgan fingerprint density at radius 1 is 1.30 bits per heavy atom. The molecule has 2 rings (SSSR count). The molecule has 1 unspecified atom stereocenters. The number of hydrogen-bond acceptors (Lipinski definition) is 4. The number of hydrogen-bond donors (Lipinski definition) is 0. The summed E-state index contributed by atoms with van der Waals surface area (Å²) in [6.45, 7) is 8.50. The summed E-state index contributed by atoms with van der Waals surface area (Å²) in [6, 6.07) is 6.04. The Kier molecular flexibility index (Phi) is 5.01. The summed E-state index contributed by atoms with van der Waals surface area (Å²) < 4.78 is 10.6. The molecule has 0 aliphatic carbocycles. The van der Waals surface area contributed by atoms with Crippen LogP contribution in [-0.4, -0.2) is 36.7 Å². The smallest absolute Gasteiger partial charge is 0.323 e. The second kappa shape index (κ2) is 6.75. The fourth-order valence-corrected chi connectivity index (χ4v) is 2.55. The van der Waals surface area contributed by atoms with Crippen LogP contribution in [0.2, 0.25) is 0 Å². The minimum atomic E-state index is -0.196. The fourth-order valence-electron chi connectivity index (χ4n) is 2.55. The van der Waals surface area contributed by atoms with Crippen LogP contribution in [0.4, 0.5) is 0 Å². The standard InChI is InChI=1S/C16H23NO3/c1-4-19-15-7-6-13-8-9-17(11-14(13)10-15)12(3)16(18)20-5-2/h6-7,10,12H,4-5,8-9,11H2,1-3H3. The fraction of sp³-hybridized carbons (Fsp3) is 0.562. The van der Waals surface area contributed by atoms with Crippen molar-refractivity contribution in [1.29, 1.82) is 0 Å². The van der Waals surface area contributed by atoms with E-state index in [9.17, 15) is 4.79 Å². The highest BCUT2D eigenvalue weighted by Crippen LogP contribution is 2.25. The summed E-state index contributed by atoms with van der Waals surface area (Å²) in [7, 11) is 0. The Morgan fingerprint density at radius 3 is 2.80 bits per heavy atom. The number of rotatable bonds is 5. The summed E-state index contributed by atoms with van der Waals surface area (Å²) in [5.74, 6) is 0.758. The zero-order valence-corrected chi connectivity index (χ0v) is 12.5. The van der Waals surface area contributed by atoms with Crippen LogP contribution >= 0.6 is 0 Å². The maximum absolute atomic E-state index is 11.8. The lowest BCUT2D eigenvalue weighted by Gasteiger charge is -2.32. The van der Waals surface area contributed by atoms with Crippen LogP contribution in [0.25, 0.3) is 0 Å². The van der Waals surface area contributed by atoms with Gasteiger partial charge >= 0.3 is 5.97 Å². The molecule has 0 saturated carbocycles. The quantitative estimate of drug-likeness (QED) is 0.775. The molecule has 0 saturated heterocycles. The molecule has 1 aromatic carbocycles. The van der Waals surface area contributed by atoms with Gasteiger partial charge in [0.25, 0.3) is 0 Å². The van der Waals surface area contributed by atoms with Crippen molar-refractivity contribution < 1.29 is 14.3 Å². The van der Waals surface area contributed by atoms with Crippen LogP contribution < -0.4 is 4.74 Å². The zero-order chi connectivity index (χ0) is 14.5. The largest absolute Gasteiger partial charge is 0.494 e. The Morgan fingerprint density at radius 2 is 2.10 bits per heavy atom. The highest BCUT2D eigenvalue weighted by atomic mass is 16.5. The minimum absolute atomic E-state index is 0.142. The molecule has 4 nitrogen and oxygen atoms in total. The predicted molar refractivity (Wildman–Crippen MR) is 77.8 cm³/mol. The van der Waals surface area contributed by atoms with Gasteiger partial charge in [0.1, 0.15) is 11.8 Å². The normalized spacial score (nSPS) is 16.4. The molecule has 110 valence electrons. The zero-order valence-electron chi connectivity index (χ0n) is 12.5. The average Bonchev–Trinajstić information content (AvgIpc) is 2.46. The van der Waals surface area contributed by atoms with Crippen LogP contribution in [0.3, 0.4) is 0 Å². The van der Waals surface area contributed by atoms with Gasteiger partial charge < -0.3 is 9.47 Å². The molecular formula is C16H23NO3. The maximum Gasteiger partial charge on any atom is 0.323 e. The van der Waals surface area contributed by atoms with Gasteiger partial charge in [0.15, 0.2) is 0 Å². The van der Waals surface area contributed by atoms with Crippen molar-refractivity contribution in [3.05, 3.63) is 29.3 Å². The van der Waals surface area contributed by atoms with Gasteiger partial charge in [0.05, 0.1) is 13.2 Å². The molecule has 0 spiro atoms. The van der Waals surface area contributed by atoms with E-state index in [-0.39, 0.29) is 12.0 Å². The van der Waals surface area contributed by atoms with Crippen molar-refractivity contribution in [1.82, 2.24) is 4.90 Å². The summed E-state index contributed by atoms with van der Waals surface area (Å²) >= 11 is 0. The van der Waals surface area contributed by atoms with E-state index in [2.05, 4.69) is 17.0 Å². The Bertz CT molecular complexity index is 473. The summed E-state index contributed by atoms with van der Waals surface area (Å²) in [5, 5.41) is 0. The first-order valence-corrected chi connectivity index (χ1v) is 7.31. The Balaban J connectivity index is 2.08. The van der Waals surface area contributed by atoms with Gasteiger partial charge in [-0.1, -0.05) is 6.07 Å². The average molecular weight is 277 g/mol. The first-order valence-electron chi connectivity index (χ1n) is 7.31. The number of benzene rings is 1. The van der Waals surface area contributed by atoms with Crippen molar-refractivity contribution >= 4 is 5.97 Å². The molecule has 0 amide bonds. The van der Waals surface area contributed by atoms with Crippen molar-refractivity contribution in [3.63, 3.8) is 0 Å². The van der Waals surface area contributed by atoms with Crippen LogP contribution in [0.1, 0.15) is 31.9 Å². The summed E-state index contributed by atoms with van der Waals surface area (Å²) in [4.78, 5) is 14.0. The van der Waals surface area contributed by atoms with Crippen molar-refractivity contribution in [2.45, 2.75) is 39.8 Å². The second-order valence-electron chi connectivity index (χ2n) is 5.01. The van der Waals surface area contributed by atoms with Gasteiger partial charge in [-0.15, -0.1) is 0 Å². The maximum atomic E-state index is 11.8. The number of nitrogens with zero attached hydrogens (tertiary/aromatic N) is 1. The molecule has 1 aliphatic rings. The molecule has 1 aromatic rings. The van der Waals surface area contributed by atoms with E-state index < -0.39 is 0 Å². The predicted octanol–water partition coefficient (Wildman–Crippen LogP) is 2.40. The monoisotopic (exact) mass is 277 g/mol. The lowest BCUT2D eigenvalue weighted by molar-refractivity contribution is -0.149. The summed E-state index contributed by atoms with van der Waals surface area (Å²) in [5.41, 5.74) is 2.60. The molecule has 0 fully saturated rings. The lowest BCUT2D eigenvalue weighted by atomic mass is 9.98. The minimum Gasteiger partial charge on any atom is -0.494 e. The molecule has 4 heteroatoms.